The number of aromatic amines is 1. The zero-order valence-corrected chi connectivity index (χ0v) is 30.6. The standard InChI is InChI=1S/C29H42N6O5S.2C2HF3O2/c1-18(30)19-3-5-22(6-4-19)28(36)35-17-23(20-11-13-34(14-12-20)41(2,39)40)15-26(35)27-31-16-25(33-27)21-7-9-24(10-8-21)32-29(37)38;2*3-2(4,5)1(6)7/h7-10,16,18-20,22-23,26,32H,3-6,11-15,17,30H2,1-2H3,(H,31,33)(H,37,38);2*(H,6,7)/t18-,19?,22?,23-,26-;;/m0../s1. The van der Waals surface area contributed by atoms with Gasteiger partial charge in [-0.1, -0.05) is 12.1 Å². The Morgan fingerprint density at radius 3 is 1.84 bits per heavy atom. The van der Waals surface area contributed by atoms with Crippen LogP contribution in [-0.2, 0) is 24.4 Å². The zero-order valence-electron chi connectivity index (χ0n) is 29.8. The first-order valence-corrected chi connectivity index (χ1v) is 19.0. The van der Waals surface area contributed by atoms with Gasteiger partial charge in [-0.25, -0.2) is 32.1 Å². The smallest absolute Gasteiger partial charge is 0.475 e. The first-order valence-electron chi connectivity index (χ1n) is 17.1. The molecular formula is C33H44F6N6O9S. The van der Waals surface area contributed by atoms with Crippen LogP contribution in [0.3, 0.4) is 0 Å². The van der Waals surface area contributed by atoms with Gasteiger partial charge in [0, 0.05) is 37.3 Å². The molecular weight excluding hydrogens is 770 g/mol. The second-order valence-electron chi connectivity index (χ2n) is 13.8. The average Bonchev–Trinajstić information content (AvgIpc) is 3.76. The highest BCUT2D eigenvalue weighted by Gasteiger charge is 2.44. The molecule has 3 atom stereocenters. The van der Waals surface area contributed by atoms with Crippen molar-refractivity contribution in [3.8, 4) is 11.3 Å². The fraction of sp³-hybridized carbons (Fsp3) is 0.606. The minimum Gasteiger partial charge on any atom is -0.475 e. The molecule has 1 aromatic heterocycles. The van der Waals surface area contributed by atoms with Crippen molar-refractivity contribution in [1.82, 2.24) is 19.2 Å². The van der Waals surface area contributed by atoms with Crippen molar-refractivity contribution in [1.29, 1.82) is 0 Å². The molecule has 1 saturated carbocycles. The summed E-state index contributed by atoms with van der Waals surface area (Å²) >= 11 is 0. The van der Waals surface area contributed by atoms with Crippen molar-refractivity contribution in [3.63, 3.8) is 0 Å². The third-order valence-corrected chi connectivity index (χ3v) is 11.3. The van der Waals surface area contributed by atoms with Gasteiger partial charge < -0.3 is 30.9 Å². The lowest BCUT2D eigenvalue weighted by molar-refractivity contribution is -0.193. The predicted octanol–water partition coefficient (Wildman–Crippen LogP) is 5.15. The molecule has 7 N–H and O–H groups in total. The van der Waals surface area contributed by atoms with E-state index in [1.54, 1.807) is 22.6 Å². The lowest BCUT2D eigenvalue weighted by atomic mass is 9.78. The van der Waals surface area contributed by atoms with E-state index in [1.807, 2.05) is 24.0 Å². The van der Waals surface area contributed by atoms with Crippen LogP contribution in [0.1, 0.15) is 63.7 Å². The Labute approximate surface area is 312 Å². The highest BCUT2D eigenvalue weighted by Crippen LogP contribution is 2.43. The van der Waals surface area contributed by atoms with Crippen LogP contribution in [0, 0.1) is 23.7 Å². The van der Waals surface area contributed by atoms with Gasteiger partial charge in [0.15, 0.2) is 0 Å². The summed E-state index contributed by atoms with van der Waals surface area (Å²) in [6.45, 7) is 3.76. The molecule has 1 aliphatic carbocycles. The normalized spacial score (nSPS) is 23.0. The Hall–Kier alpha value is -4.44. The number of hydrogen-bond donors (Lipinski definition) is 6. The molecule has 0 radical (unpaired) electrons. The quantitative estimate of drug-likeness (QED) is 0.200. The van der Waals surface area contributed by atoms with Crippen molar-refractivity contribution < 1.29 is 69.3 Å². The zero-order chi connectivity index (χ0) is 41.5. The lowest BCUT2D eigenvalue weighted by Gasteiger charge is -2.34. The number of carboxylic acid groups (broad SMARTS) is 3. The molecule has 3 fully saturated rings. The van der Waals surface area contributed by atoms with Crippen LogP contribution in [0.2, 0.25) is 0 Å². The number of aliphatic carboxylic acids is 2. The monoisotopic (exact) mass is 814 g/mol. The van der Waals surface area contributed by atoms with Gasteiger partial charge in [-0.15, -0.1) is 0 Å². The number of carbonyl (C=O) groups excluding carboxylic acids is 1. The fourth-order valence-corrected chi connectivity index (χ4v) is 7.90. The van der Waals surface area contributed by atoms with Gasteiger partial charge in [0.25, 0.3) is 0 Å². The van der Waals surface area contributed by atoms with Crippen molar-refractivity contribution in [3.05, 3.63) is 36.3 Å². The summed E-state index contributed by atoms with van der Waals surface area (Å²) in [6.07, 6.45) is -2.22. The maximum absolute atomic E-state index is 14.0. The fourth-order valence-electron chi connectivity index (χ4n) is 7.03. The van der Waals surface area contributed by atoms with E-state index in [0.29, 0.717) is 37.2 Å². The van der Waals surface area contributed by atoms with Gasteiger partial charge in [-0.05, 0) is 87.3 Å². The van der Waals surface area contributed by atoms with Gasteiger partial charge in [0.05, 0.1) is 24.2 Å². The maximum Gasteiger partial charge on any atom is 0.490 e. The number of hydrogen-bond acceptors (Lipinski definition) is 8. The van der Waals surface area contributed by atoms with E-state index >= 15 is 0 Å². The van der Waals surface area contributed by atoms with Crippen molar-refractivity contribution >= 4 is 39.6 Å². The number of amides is 2. The van der Waals surface area contributed by atoms with Crippen LogP contribution in [0.25, 0.3) is 11.3 Å². The molecule has 2 saturated heterocycles. The first kappa shape index (κ1) is 45.0. The van der Waals surface area contributed by atoms with E-state index in [4.69, 9.17) is 35.6 Å². The molecule has 3 heterocycles. The van der Waals surface area contributed by atoms with E-state index in [9.17, 15) is 44.3 Å². The average molecular weight is 815 g/mol. The molecule has 308 valence electrons. The molecule has 0 unspecified atom stereocenters. The number of halogens is 6. The van der Waals surface area contributed by atoms with Crippen molar-refractivity contribution in [2.45, 2.75) is 76.3 Å². The molecule has 2 aromatic rings. The number of nitrogens with two attached hydrogens (primary N) is 1. The third kappa shape index (κ3) is 13.1. The number of imidazole rings is 1. The first-order chi connectivity index (χ1) is 25.4. The molecule has 22 heteroatoms. The van der Waals surface area contributed by atoms with Gasteiger partial charge in [-0.3, -0.25) is 10.1 Å². The Balaban J connectivity index is 0.000000494. The number of H-pyrrole nitrogens is 1. The number of rotatable bonds is 7. The number of aromatic nitrogens is 2. The molecule has 2 aliphatic heterocycles. The summed E-state index contributed by atoms with van der Waals surface area (Å²) < 4.78 is 89.1. The number of carbonyl (C=O) groups is 4. The SMILES string of the molecule is C[C@H](N)C1CCC(C(=O)N2C[C@@H](C3CCN(S(C)(=O)=O)CC3)C[C@H]2c2ncc(-c3ccc(NC(=O)O)cc3)[nH]2)CC1.O=C(O)C(F)(F)F.O=C(O)C(F)(F)F. The van der Waals surface area contributed by atoms with Crippen LogP contribution >= 0.6 is 0 Å². The Morgan fingerprint density at radius 1 is 0.891 bits per heavy atom. The van der Waals surface area contributed by atoms with Gasteiger partial charge in [-0.2, -0.15) is 26.3 Å². The van der Waals surface area contributed by atoms with Crippen LogP contribution in [0.15, 0.2) is 30.5 Å². The molecule has 0 bridgehead atoms. The lowest BCUT2D eigenvalue weighted by Crippen LogP contribution is -2.41. The van der Waals surface area contributed by atoms with E-state index in [1.165, 1.54) is 6.26 Å². The summed E-state index contributed by atoms with van der Waals surface area (Å²) in [5.41, 5.74) is 8.30. The minimum absolute atomic E-state index is 0.0120. The van der Waals surface area contributed by atoms with E-state index in [-0.39, 0.29) is 29.8 Å². The highest BCUT2D eigenvalue weighted by molar-refractivity contribution is 7.88. The predicted molar refractivity (Wildman–Crippen MR) is 184 cm³/mol. The number of nitrogens with one attached hydrogen (secondary N) is 2. The molecule has 0 spiro atoms. The van der Waals surface area contributed by atoms with E-state index < -0.39 is 40.4 Å². The van der Waals surface area contributed by atoms with Gasteiger partial charge in [0.2, 0.25) is 15.9 Å². The molecule has 55 heavy (non-hydrogen) atoms. The molecule has 3 aliphatic rings. The molecule has 5 rings (SSSR count). The summed E-state index contributed by atoms with van der Waals surface area (Å²) in [5.74, 6) is -3.49. The van der Waals surface area contributed by atoms with E-state index in [2.05, 4.69) is 10.3 Å². The second-order valence-corrected chi connectivity index (χ2v) is 15.8. The number of likely N-dealkylation sites (tertiary alicyclic amines) is 1. The van der Waals surface area contributed by atoms with Crippen LogP contribution < -0.4 is 11.1 Å². The Morgan fingerprint density at radius 2 is 1.40 bits per heavy atom. The number of carboxylic acids is 2. The van der Waals surface area contributed by atoms with Crippen LogP contribution in [0.5, 0.6) is 0 Å². The largest absolute Gasteiger partial charge is 0.490 e. The number of piperidine rings is 1. The Kier molecular flexibility index (Phi) is 15.1. The third-order valence-electron chi connectivity index (χ3n) is 9.96. The number of sulfonamides is 1. The topological polar surface area (TPSA) is 236 Å². The summed E-state index contributed by atoms with van der Waals surface area (Å²) in [7, 11) is -3.20. The van der Waals surface area contributed by atoms with Gasteiger partial charge >= 0.3 is 30.4 Å². The molecule has 15 nitrogen and oxygen atoms in total. The van der Waals surface area contributed by atoms with Crippen LogP contribution in [-0.4, -0.2) is 111 Å². The summed E-state index contributed by atoms with van der Waals surface area (Å²) in [6, 6.07) is 7.03. The van der Waals surface area contributed by atoms with Gasteiger partial charge in [0.1, 0.15) is 5.82 Å². The highest BCUT2D eigenvalue weighted by atomic mass is 32.2. The summed E-state index contributed by atoms with van der Waals surface area (Å²) in [4.78, 5) is 52.9. The summed E-state index contributed by atoms with van der Waals surface area (Å²) in [5, 5.41) is 25.5. The molecule has 2 amide bonds. The number of nitrogens with zero attached hydrogens (tertiary/aromatic N) is 3. The second kappa shape index (κ2) is 18.5. The van der Waals surface area contributed by atoms with Crippen molar-refractivity contribution in [2.24, 2.45) is 29.4 Å². The Bertz CT molecular complexity index is 1710. The molecule has 1 aromatic carbocycles. The minimum atomic E-state index is -5.08. The number of benzene rings is 1. The van der Waals surface area contributed by atoms with Crippen molar-refractivity contribution in [2.75, 3.05) is 31.2 Å². The maximum atomic E-state index is 14.0. The van der Waals surface area contributed by atoms with E-state index in [0.717, 1.165) is 62.0 Å². The number of alkyl halides is 6. The number of anilines is 1. The van der Waals surface area contributed by atoms with Crippen LogP contribution in [0.4, 0.5) is 36.8 Å².